The molecule has 0 atom stereocenters. The van der Waals surface area contributed by atoms with Gasteiger partial charge in [0.05, 0.1) is 0 Å². The summed E-state index contributed by atoms with van der Waals surface area (Å²) in [7, 11) is 0. The highest BCUT2D eigenvalue weighted by molar-refractivity contribution is 7.98. The molecular formula is C22H16ClN3O3S. The second-order valence-electron chi connectivity index (χ2n) is 6.31. The summed E-state index contributed by atoms with van der Waals surface area (Å²) < 4.78 is 5.71. The molecule has 1 heterocycles. The molecule has 150 valence electrons. The first kappa shape index (κ1) is 20.0. The number of halogens is 1. The molecule has 3 aromatic carbocycles. The molecule has 2 amide bonds. The van der Waals surface area contributed by atoms with Gasteiger partial charge in [-0.3, -0.25) is 20.4 Å². The number of nitrogens with one attached hydrogen (secondary N) is 2. The number of hydrazine groups is 1. The van der Waals surface area contributed by atoms with E-state index in [2.05, 4.69) is 15.8 Å². The maximum Gasteiger partial charge on any atom is 0.270 e. The van der Waals surface area contributed by atoms with Crippen molar-refractivity contribution in [2.24, 2.45) is 0 Å². The molecular weight excluding hydrogens is 422 g/mol. The molecule has 0 saturated carbocycles. The number of thioether (sulfide) groups is 1. The average molecular weight is 438 g/mol. The van der Waals surface area contributed by atoms with E-state index in [-0.39, 0.29) is 0 Å². The quantitative estimate of drug-likeness (QED) is 0.344. The lowest BCUT2D eigenvalue weighted by atomic mass is 10.1. The minimum Gasteiger partial charge on any atom is -0.431 e. The van der Waals surface area contributed by atoms with Crippen LogP contribution in [0.2, 0.25) is 5.02 Å². The van der Waals surface area contributed by atoms with Crippen LogP contribution in [0.15, 0.2) is 82.4 Å². The molecule has 2 N–H and O–H groups in total. The van der Waals surface area contributed by atoms with Crippen LogP contribution in [0.4, 0.5) is 0 Å². The molecule has 0 aliphatic rings. The zero-order valence-electron chi connectivity index (χ0n) is 15.6. The number of fused-ring (bicyclic) bond motifs is 1. The molecule has 0 bridgehead atoms. The number of hydrogen-bond donors (Lipinski definition) is 2. The smallest absolute Gasteiger partial charge is 0.270 e. The molecule has 0 saturated heterocycles. The molecule has 4 aromatic rings. The first-order chi connectivity index (χ1) is 14.6. The lowest BCUT2D eigenvalue weighted by Crippen LogP contribution is -2.41. The SMILES string of the molecule is O=C(NNC(=O)c1ccccc1CSc1nc2ccccc2o1)c1ccc(Cl)cc1. The number of carbonyl (C=O) groups excluding carboxylic acids is 2. The van der Waals surface area contributed by atoms with Crippen LogP contribution in [-0.2, 0) is 5.75 Å². The van der Waals surface area contributed by atoms with Gasteiger partial charge >= 0.3 is 0 Å². The number of carbonyl (C=O) groups is 2. The molecule has 0 spiro atoms. The van der Waals surface area contributed by atoms with E-state index in [4.69, 9.17) is 16.0 Å². The van der Waals surface area contributed by atoms with E-state index in [9.17, 15) is 9.59 Å². The summed E-state index contributed by atoms with van der Waals surface area (Å²) >= 11 is 7.22. The van der Waals surface area contributed by atoms with E-state index in [1.165, 1.54) is 11.8 Å². The van der Waals surface area contributed by atoms with Gasteiger partial charge < -0.3 is 4.42 Å². The van der Waals surface area contributed by atoms with Crippen molar-refractivity contribution < 1.29 is 14.0 Å². The third-order valence-electron chi connectivity index (χ3n) is 4.28. The fourth-order valence-electron chi connectivity index (χ4n) is 2.77. The number of amides is 2. The van der Waals surface area contributed by atoms with Crippen LogP contribution in [0.1, 0.15) is 26.3 Å². The molecule has 0 aliphatic carbocycles. The maximum absolute atomic E-state index is 12.6. The second kappa shape index (κ2) is 9.02. The predicted molar refractivity (Wildman–Crippen MR) is 116 cm³/mol. The van der Waals surface area contributed by atoms with Gasteiger partial charge in [-0.25, -0.2) is 4.98 Å². The van der Waals surface area contributed by atoms with E-state index >= 15 is 0 Å². The number of rotatable bonds is 5. The molecule has 0 fully saturated rings. The van der Waals surface area contributed by atoms with Crippen molar-refractivity contribution in [3.05, 3.63) is 94.5 Å². The highest BCUT2D eigenvalue weighted by Crippen LogP contribution is 2.27. The number of hydrogen-bond acceptors (Lipinski definition) is 5. The molecule has 30 heavy (non-hydrogen) atoms. The maximum atomic E-state index is 12.6. The van der Waals surface area contributed by atoms with Gasteiger partial charge in [0.1, 0.15) is 5.52 Å². The molecule has 0 aliphatic heterocycles. The largest absolute Gasteiger partial charge is 0.431 e. The second-order valence-corrected chi connectivity index (χ2v) is 7.67. The van der Waals surface area contributed by atoms with Crippen LogP contribution in [0.25, 0.3) is 11.1 Å². The van der Waals surface area contributed by atoms with Gasteiger partial charge in [-0.1, -0.05) is 53.7 Å². The molecule has 8 heteroatoms. The summed E-state index contributed by atoms with van der Waals surface area (Å²) in [6.07, 6.45) is 0. The van der Waals surface area contributed by atoms with E-state index in [0.29, 0.717) is 27.1 Å². The first-order valence-corrected chi connectivity index (χ1v) is 10.4. The molecule has 1 aromatic heterocycles. The van der Waals surface area contributed by atoms with Crippen molar-refractivity contribution in [3.63, 3.8) is 0 Å². The zero-order chi connectivity index (χ0) is 20.9. The summed E-state index contributed by atoms with van der Waals surface area (Å²) in [6, 6.07) is 21.1. The Kier molecular flexibility index (Phi) is 6.02. The van der Waals surface area contributed by atoms with Crippen molar-refractivity contribution in [1.29, 1.82) is 0 Å². The van der Waals surface area contributed by atoms with Crippen molar-refractivity contribution in [2.75, 3.05) is 0 Å². The Hall–Kier alpha value is -3.29. The number of oxazole rings is 1. The van der Waals surface area contributed by atoms with Crippen LogP contribution in [-0.4, -0.2) is 16.8 Å². The number of benzene rings is 3. The average Bonchev–Trinajstić information content (AvgIpc) is 3.19. The normalized spacial score (nSPS) is 10.7. The van der Waals surface area contributed by atoms with Crippen molar-refractivity contribution in [1.82, 2.24) is 15.8 Å². The lowest BCUT2D eigenvalue weighted by Gasteiger charge is -2.10. The Morgan fingerprint density at radius 1 is 0.900 bits per heavy atom. The Morgan fingerprint density at radius 3 is 2.40 bits per heavy atom. The summed E-state index contributed by atoms with van der Waals surface area (Å²) in [4.78, 5) is 29.2. The summed E-state index contributed by atoms with van der Waals surface area (Å²) in [5.41, 5.74) is 8.01. The number of para-hydroxylation sites is 2. The molecule has 4 rings (SSSR count). The van der Waals surface area contributed by atoms with Gasteiger partial charge in [0.15, 0.2) is 5.58 Å². The predicted octanol–water partition coefficient (Wildman–Crippen LogP) is 4.85. The van der Waals surface area contributed by atoms with Crippen LogP contribution < -0.4 is 10.9 Å². The monoisotopic (exact) mass is 437 g/mol. The fourth-order valence-corrected chi connectivity index (χ4v) is 3.74. The summed E-state index contributed by atoms with van der Waals surface area (Å²) in [5.74, 6) is -0.355. The van der Waals surface area contributed by atoms with Gasteiger partial charge in [0.25, 0.3) is 17.0 Å². The van der Waals surface area contributed by atoms with Gasteiger partial charge in [0.2, 0.25) is 0 Å². The van der Waals surface area contributed by atoms with Crippen LogP contribution in [0.3, 0.4) is 0 Å². The minimum atomic E-state index is -0.432. The third kappa shape index (κ3) is 4.64. The van der Waals surface area contributed by atoms with Crippen molar-refractivity contribution in [3.8, 4) is 0 Å². The Labute approximate surface area is 181 Å². The zero-order valence-corrected chi connectivity index (χ0v) is 17.2. The van der Waals surface area contributed by atoms with E-state index < -0.39 is 11.8 Å². The van der Waals surface area contributed by atoms with Crippen LogP contribution in [0.5, 0.6) is 0 Å². The standard InChI is InChI=1S/C22H16ClN3O3S/c23-16-11-9-14(10-12-16)20(27)25-26-21(28)17-6-2-1-5-15(17)13-30-22-24-18-7-3-4-8-19(18)29-22/h1-12H,13H2,(H,25,27)(H,26,28). The van der Waals surface area contributed by atoms with Gasteiger partial charge in [-0.05, 0) is 48.0 Å². The van der Waals surface area contributed by atoms with E-state index in [1.54, 1.807) is 36.4 Å². The Balaban J connectivity index is 1.41. The first-order valence-electron chi connectivity index (χ1n) is 9.03. The van der Waals surface area contributed by atoms with E-state index in [1.807, 2.05) is 36.4 Å². The minimum absolute atomic E-state index is 0.388. The number of nitrogens with zero attached hydrogens (tertiary/aromatic N) is 1. The summed E-state index contributed by atoms with van der Waals surface area (Å²) in [6.45, 7) is 0. The molecule has 0 unspecified atom stereocenters. The van der Waals surface area contributed by atoms with Crippen LogP contribution >= 0.6 is 23.4 Å². The third-order valence-corrected chi connectivity index (χ3v) is 5.41. The fraction of sp³-hybridized carbons (Fsp3) is 0.0455. The van der Waals surface area contributed by atoms with E-state index in [0.717, 1.165) is 16.7 Å². The highest BCUT2D eigenvalue weighted by atomic mass is 35.5. The molecule has 6 nitrogen and oxygen atoms in total. The van der Waals surface area contributed by atoms with Crippen LogP contribution in [0, 0.1) is 0 Å². The van der Waals surface area contributed by atoms with Gasteiger partial charge in [-0.2, -0.15) is 0 Å². The van der Waals surface area contributed by atoms with Crippen molar-refractivity contribution >= 4 is 46.3 Å². The Morgan fingerprint density at radius 2 is 1.60 bits per heavy atom. The number of aromatic nitrogens is 1. The van der Waals surface area contributed by atoms with Crippen molar-refractivity contribution in [2.45, 2.75) is 11.0 Å². The topological polar surface area (TPSA) is 84.2 Å². The summed E-state index contributed by atoms with van der Waals surface area (Å²) in [5, 5.41) is 1.06. The van der Waals surface area contributed by atoms with Gasteiger partial charge in [-0.15, -0.1) is 0 Å². The Bertz CT molecular complexity index is 1170. The van der Waals surface area contributed by atoms with Gasteiger partial charge in [0, 0.05) is 21.9 Å². The lowest BCUT2D eigenvalue weighted by molar-refractivity contribution is 0.0846. The molecule has 0 radical (unpaired) electrons. The highest BCUT2D eigenvalue weighted by Gasteiger charge is 2.14.